The zero-order valence-corrected chi connectivity index (χ0v) is 13.8. The number of carbonyl (C=O) groups is 1. The van der Waals surface area contributed by atoms with Crippen molar-refractivity contribution in [3.63, 3.8) is 0 Å². The number of aromatic nitrogens is 1. The van der Waals surface area contributed by atoms with Gasteiger partial charge < -0.3 is 14.2 Å². The van der Waals surface area contributed by atoms with Crippen LogP contribution in [0.4, 0.5) is 0 Å². The molecule has 3 heterocycles. The predicted octanol–water partition coefficient (Wildman–Crippen LogP) is 3.50. The Bertz CT molecular complexity index is 733. The Labute approximate surface area is 140 Å². The van der Waals surface area contributed by atoms with Crippen LogP contribution >= 0.6 is 11.6 Å². The van der Waals surface area contributed by atoms with Crippen LogP contribution in [-0.2, 0) is 4.79 Å². The van der Waals surface area contributed by atoms with Crippen LogP contribution < -0.4 is 4.74 Å². The average Bonchev–Trinajstić information content (AvgIpc) is 3.13. The fourth-order valence-corrected chi connectivity index (χ4v) is 4.09. The highest BCUT2D eigenvalue weighted by atomic mass is 35.5. The normalized spacial score (nSPS) is 22.0. The molecule has 1 spiro atoms. The van der Waals surface area contributed by atoms with E-state index in [1.807, 2.05) is 35.2 Å². The lowest BCUT2D eigenvalue weighted by Gasteiger charge is -2.42. The summed E-state index contributed by atoms with van der Waals surface area (Å²) >= 11 is 6.22. The van der Waals surface area contributed by atoms with Gasteiger partial charge in [0.05, 0.1) is 0 Å². The Balaban J connectivity index is 1.74. The first-order valence-electron chi connectivity index (χ1n) is 7.95. The van der Waals surface area contributed by atoms with Crippen LogP contribution in [0.1, 0.15) is 31.4 Å². The summed E-state index contributed by atoms with van der Waals surface area (Å²) in [6.45, 7) is 3.09. The number of benzene rings is 1. The second kappa shape index (κ2) is 5.31. The van der Waals surface area contributed by atoms with Crippen LogP contribution in [0.25, 0.3) is 0 Å². The van der Waals surface area contributed by atoms with Crippen molar-refractivity contribution >= 4 is 17.5 Å². The summed E-state index contributed by atoms with van der Waals surface area (Å²) in [5, 5.41) is 0.725. The number of fused-ring (bicyclic) bond motifs is 1. The smallest absolute Gasteiger partial charge is 0.219 e. The van der Waals surface area contributed by atoms with E-state index < -0.39 is 0 Å². The molecule has 1 saturated heterocycles. The number of piperidine rings is 1. The van der Waals surface area contributed by atoms with Crippen LogP contribution in [0.2, 0.25) is 5.02 Å². The molecule has 1 aromatic heterocycles. The topological polar surface area (TPSA) is 34.5 Å². The van der Waals surface area contributed by atoms with Gasteiger partial charge in [0.15, 0.2) is 0 Å². The highest BCUT2D eigenvalue weighted by molar-refractivity contribution is 6.30. The maximum Gasteiger partial charge on any atom is 0.219 e. The third-order valence-electron chi connectivity index (χ3n) is 5.06. The molecule has 2 aliphatic heterocycles. The van der Waals surface area contributed by atoms with E-state index in [1.165, 1.54) is 0 Å². The van der Waals surface area contributed by atoms with Gasteiger partial charge in [-0.1, -0.05) is 11.6 Å². The number of ether oxygens (including phenoxy) is 1. The van der Waals surface area contributed by atoms with Gasteiger partial charge in [-0.2, -0.15) is 0 Å². The molecule has 120 valence electrons. The van der Waals surface area contributed by atoms with Crippen molar-refractivity contribution in [1.29, 1.82) is 0 Å². The Morgan fingerprint density at radius 1 is 1.26 bits per heavy atom. The molecule has 1 atom stereocenters. The maximum atomic E-state index is 11.6. The SMILES string of the molecule is CC(=O)N1CCC2(CC1)Oc1ccc(Cl)cc1C2n1cccc1. The van der Waals surface area contributed by atoms with Crippen LogP contribution in [0, 0.1) is 0 Å². The summed E-state index contributed by atoms with van der Waals surface area (Å²) in [7, 11) is 0. The van der Waals surface area contributed by atoms with Crippen molar-refractivity contribution in [3.8, 4) is 5.75 Å². The molecule has 0 saturated carbocycles. The lowest BCUT2D eigenvalue weighted by molar-refractivity contribution is -0.132. The van der Waals surface area contributed by atoms with Crippen LogP contribution in [0.3, 0.4) is 0 Å². The molecule has 1 amide bonds. The molecule has 5 heteroatoms. The summed E-state index contributed by atoms with van der Waals surface area (Å²) in [5.41, 5.74) is 0.822. The molecule has 2 aromatic rings. The highest BCUT2D eigenvalue weighted by Gasteiger charge is 2.51. The number of rotatable bonds is 1. The van der Waals surface area contributed by atoms with Gasteiger partial charge in [-0.3, -0.25) is 4.79 Å². The van der Waals surface area contributed by atoms with E-state index in [1.54, 1.807) is 6.92 Å². The Morgan fingerprint density at radius 2 is 1.96 bits per heavy atom. The fourth-order valence-electron chi connectivity index (χ4n) is 3.91. The van der Waals surface area contributed by atoms with Crippen molar-refractivity contribution in [2.45, 2.75) is 31.4 Å². The number of halogens is 1. The molecule has 1 fully saturated rings. The Hall–Kier alpha value is -1.94. The van der Waals surface area contributed by atoms with Crippen molar-refractivity contribution in [3.05, 3.63) is 53.3 Å². The number of likely N-dealkylation sites (tertiary alicyclic amines) is 1. The maximum absolute atomic E-state index is 11.6. The number of hydrogen-bond acceptors (Lipinski definition) is 2. The second-order valence-electron chi connectivity index (χ2n) is 6.39. The van der Waals surface area contributed by atoms with Gasteiger partial charge in [-0.25, -0.2) is 0 Å². The van der Waals surface area contributed by atoms with E-state index >= 15 is 0 Å². The lowest BCUT2D eigenvalue weighted by Crippen LogP contribution is -2.51. The third kappa shape index (κ3) is 2.32. The monoisotopic (exact) mass is 330 g/mol. The summed E-state index contributed by atoms with van der Waals surface area (Å²) in [4.78, 5) is 13.5. The van der Waals surface area contributed by atoms with Gasteiger partial charge in [0, 0.05) is 55.8 Å². The Morgan fingerprint density at radius 3 is 2.61 bits per heavy atom. The largest absolute Gasteiger partial charge is 0.484 e. The molecular formula is C18H19ClN2O2. The minimum atomic E-state index is -0.308. The van der Waals surface area contributed by atoms with Crippen LogP contribution in [0.5, 0.6) is 5.75 Å². The first kappa shape index (κ1) is 14.6. The van der Waals surface area contributed by atoms with Crippen LogP contribution in [-0.4, -0.2) is 34.1 Å². The van der Waals surface area contributed by atoms with E-state index in [0.29, 0.717) is 0 Å². The van der Waals surface area contributed by atoms with Crippen molar-refractivity contribution < 1.29 is 9.53 Å². The van der Waals surface area contributed by atoms with E-state index in [2.05, 4.69) is 17.0 Å². The van der Waals surface area contributed by atoms with Gasteiger partial charge in [-0.05, 0) is 30.3 Å². The lowest BCUT2D eigenvalue weighted by atomic mass is 9.82. The summed E-state index contributed by atoms with van der Waals surface area (Å²) in [6.07, 6.45) is 5.79. The van der Waals surface area contributed by atoms with Gasteiger partial charge in [0.2, 0.25) is 5.91 Å². The number of amides is 1. The van der Waals surface area contributed by atoms with E-state index in [0.717, 1.165) is 42.3 Å². The predicted molar refractivity (Wildman–Crippen MR) is 88.9 cm³/mol. The fraction of sp³-hybridized carbons (Fsp3) is 0.389. The summed E-state index contributed by atoms with van der Waals surface area (Å²) < 4.78 is 8.64. The third-order valence-corrected chi connectivity index (χ3v) is 5.29. The molecule has 1 unspecified atom stereocenters. The first-order chi connectivity index (χ1) is 11.1. The molecule has 0 radical (unpaired) electrons. The van der Waals surface area contributed by atoms with Crippen LogP contribution in [0.15, 0.2) is 42.7 Å². The molecule has 1 aromatic carbocycles. The molecule has 4 nitrogen and oxygen atoms in total. The number of hydrogen-bond donors (Lipinski definition) is 0. The molecule has 2 aliphatic rings. The van der Waals surface area contributed by atoms with E-state index in [4.69, 9.17) is 16.3 Å². The standard InChI is InChI=1S/C18H19ClN2O2/c1-13(22)20-10-6-18(7-11-20)17(21-8-2-3-9-21)15-12-14(19)4-5-16(15)23-18/h2-5,8-9,12,17H,6-7,10-11H2,1H3. The molecule has 0 aliphatic carbocycles. The zero-order valence-electron chi connectivity index (χ0n) is 13.0. The number of carbonyl (C=O) groups excluding carboxylic acids is 1. The van der Waals surface area contributed by atoms with Gasteiger partial charge in [-0.15, -0.1) is 0 Å². The van der Waals surface area contributed by atoms with E-state index in [9.17, 15) is 4.79 Å². The average molecular weight is 331 g/mol. The summed E-state index contributed by atoms with van der Waals surface area (Å²) in [6, 6.07) is 9.99. The second-order valence-corrected chi connectivity index (χ2v) is 6.82. The number of nitrogens with zero attached hydrogens (tertiary/aromatic N) is 2. The Kier molecular flexibility index (Phi) is 3.38. The quantitative estimate of drug-likeness (QED) is 0.802. The molecule has 0 bridgehead atoms. The van der Waals surface area contributed by atoms with Gasteiger partial charge in [0.25, 0.3) is 0 Å². The van der Waals surface area contributed by atoms with Crippen molar-refractivity contribution in [2.24, 2.45) is 0 Å². The molecule has 23 heavy (non-hydrogen) atoms. The summed E-state index contributed by atoms with van der Waals surface area (Å²) in [5.74, 6) is 1.04. The first-order valence-corrected chi connectivity index (χ1v) is 8.33. The molecule has 4 rings (SSSR count). The van der Waals surface area contributed by atoms with Crippen molar-refractivity contribution in [1.82, 2.24) is 9.47 Å². The minimum Gasteiger partial charge on any atom is -0.484 e. The molecular weight excluding hydrogens is 312 g/mol. The minimum absolute atomic E-state index is 0.0975. The highest BCUT2D eigenvalue weighted by Crippen LogP contribution is 2.50. The zero-order chi connectivity index (χ0) is 16.0. The van der Waals surface area contributed by atoms with Crippen molar-refractivity contribution in [2.75, 3.05) is 13.1 Å². The molecule has 0 N–H and O–H groups in total. The van der Waals surface area contributed by atoms with E-state index in [-0.39, 0.29) is 17.6 Å². The van der Waals surface area contributed by atoms with Gasteiger partial charge >= 0.3 is 0 Å². The van der Waals surface area contributed by atoms with Gasteiger partial charge in [0.1, 0.15) is 17.4 Å².